The van der Waals surface area contributed by atoms with E-state index in [0.717, 1.165) is 0 Å². The van der Waals surface area contributed by atoms with Gasteiger partial charge in [-0.25, -0.2) is 0 Å². The van der Waals surface area contributed by atoms with Crippen LogP contribution in [0.2, 0.25) is 0 Å². The average Bonchev–Trinajstić information content (AvgIpc) is 1.41. The van der Waals surface area contributed by atoms with Gasteiger partial charge in [0.25, 0.3) is 0 Å². The quantitative estimate of drug-likeness (QED) is 0.459. The molecular formula is C3H2BrS. The predicted molar refractivity (Wildman–Crippen MR) is 29.2 cm³/mol. The molecule has 0 bridgehead atoms. The van der Waals surface area contributed by atoms with Crippen LogP contribution in [0.5, 0.6) is 0 Å². The van der Waals surface area contributed by atoms with E-state index in [0.29, 0.717) is 5.75 Å². The smallest absolute Gasteiger partial charge is 0.0660 e. The predicted octanol–water partition coefficient (Wildman–Crippen LogP) is 1.54. The second-order valence-electron chi connectivity index (χ2n) is 0.416. The van der Waals surface area contributed by atoms with E-state index in [4.69, 9.17) is 0 Å². The summed E-state index contributed by atoms with van der Waals surface area (Å²) in [6, 6.07) is 0. The van der Waals surface area contributed by atoms with Gasteiger partial charge in [0.1, 0.15) is 0 Å². The lowest BCUT2D eigenvalue weighted by Gasteiger charge is -1.54. The van der Waals surface area contributed by atoms with Gasteiger partial charge in [0.2, 0.25) is 0 Å². The maximum Gasteiger partial charge on any atom is 0.0660 e. The molecule has 0 saturated carbocycles. The van der Waals surface area contributed by atoms with Crippen LogP contribution in [0, 0.1) is 10.8 Å². The van der Waals surface area contributed by atoms with Crippen molar-refractivity contribution < 1.29 is 0 Å². The standard InChI is InChI=1S/C3H2BrS/c4-2-1-3-5/h3H2. The summed E-state index contributed by atoms with van der Waals surface area (Å²) in [6.07, 6.45) is 0. The Kier molecular flexibility index (Phi) is 4.73. The van der Waals surface area contributed by atoms with Gasteiger partial charge in [-0.05, 0) is 4.83 Å². The summed E-state index contributed by atoms with van der Waals surface area (Å²) in [6.45, 7) is 0. The highest BCUT2D eigenvalue weighted by molar-refractivity contribution is 9.12. The zero-order chi connectivity index (χ0) is 4.12. The minimum atomic E-state index is 0.519. The van der Waals surface area contributed by atoms with Crippen molar-refractivity contribution >= 4 is 28.6 Å². The molecule has 2 heteroatoms. The molecule has 5 heavy (non-hydrogen) atoms. The first-order chi connectivity index (χ1) is 2.41. The topological polar surface area (TPSA) is 0 Å². The lowest BCUT2D eigenvalue weighted by atomic mass is 10.8. The molecular weight excluding hydrogens is 148 g/mol. The van der Waals surface area contributed by atoms with Gasteiger partial charge in [0.15, 0.2) is 0 Å². The molecule has 0 unspecified atom stereocenters. The van der Waals surface area contributed by atoms with Gasteiger partial charge in [-0.3, -0.25) is 0 Å². The molecule has 0 rings (SSSR count). The first-order valence-corrected chi connectivity index (χ1v) is 2.45. The third-order valence-electron chi connectivity index (χ3n) is 0.139. The highest BCUT2D eigenvalue weighted by atomic mass is 79.9. The average molecular weight is 150 g/mol. The monoisotopic (exact) mass is 149 g/mol. The van der Waals surface area contributed by atoms with Crippen molar-refractivity contribution in [2.75, 3.05) is 5.75 Å². The van der Waals surface area contributed by atoms with Gasteiger partial charge < -0.3 is 0 Å². The van der Waals surface area contributed by atoms with Crippen LogP contribution in [-0.4, -0.2) is 5.75 Å². The van der Waals surface area contributed by atoms with Crippen LogP contribution in [0.3, 0.4) is 0 Å². The van der Waals surface area contributed by atoms with E-state index in [-0.39, 0.29) is 0 Å². The zero-order valence-corrected chi connectivity index (χ0v) is 4.90. The van der Waals surface area contributed by atoms with Gasteiger partial charge in [0, 0.05) is 15.9 Å². The van der Waals surface area contributed by atoms with Crippen molar-refractivity contribution in [3.63, 3.8) is 0 Å². The molecule has 0 amide bonds. The fraction of sp³-hybridized carbons (Fsp3) is 0.333. The summed E-state index contributed by atoms with van der Waals surface area (Å²) in [7, 11) is 0. The van der Waals surface area contributed by atoms with Gasteiger partial charge in [0.05, 0.1) is 5.75 Å². The summed E-state index contributed by atoms with van der Waals surface area (Å²) in [5, 5.41) is 0. The van der Waals surface area contributed by atoms with Crippen molar-refractivity contribution in [2.24, 2.45) is 0 Å². The van der Waals surface area contributed by atoms with E-state index < -0.39 is 0 Å². The van der Waals surface area contributed by atoms with Gasteiger partial charge in [-0.2, -0.15) is 0 Å². The minimum absolute atomic E-state index is 0.519. The van der Waals surface area contributed by atoms with E-state index >= 15 is 0 Å². The summed E-state index contributed by atoms with van der Waals surface area (Å²) < 4.78 is 0. The van der Waals surface area contributed by atoms with Crippen molar-refractivity contribution in [1.82, 2.24) is 0 Å². The summed E-state index contributed by atoms with van der Waals surface area (Å²) in [4.78, 5) is 2.48. The number of rotatable bonds is 0. The van der Waals surface area contributed by atoms with Crippen molar-refractivity contribution in [3.8, 4) is 10.8 Å². The largest absolute Gasteiger partial charge is 0.0800 e. The molecule has 27 valence electrons. The lowest BCUT2D eigenvalue weighted by Crippen LogP contribution is -1.50. The molecule has 0 saturated heterocycles. The third-order valence-corrected chi connectivity index (χ3v) is 0.564. The van der Waals surface area contributed by atoms with Crippen LogP contribution in [0.4, 0.5) is 0 Å². The van der Waals surface area contributed by atoms with Gasteiger partial charge in [-0.1, -0.05) is 18.5 Å². The Morgan fingerprint density at radius 2 is 2.40 bits per heavy atom. The van der Waals surface area contributed by atoms with E-state index in [1.807, 2.05) is 0 Å². The van der Waals surface area contributed by atoms with Gasteiger partial charge in [-0.15, -0.1) is 0 Å². The van der Waals surface area contributed by atoms with Crippen LogP contribution >= 0.6 is 28.6 Å². The fourth-order valence-electron chi connectivity index (χ4n) is 0.0273. The first kappa shape index (κ1) is 5.39. The summed E-state index contributed by atoms with van der Waals surface area (Å²) in [5.41, 5.74) is 0. The maximum absolute atomic E-state index is 4.45. The summed E-state index contributed by atoms with van der Waals surface area (Å²) >= 11 is 7.33. The molecule has 0 fully saturated rings. The molecule has 0 aliphatic heterocycles. The van der Waals surface area contributed by atoms with Crippen LogP contribution in [-0.2, 0) is 0 Å². The molecule has 0 aromatic heterocycles. The Morgan fingerprint density at radius 1 is 1.80 bits per heavy atom. The van der Waals surface area contributed by atoms with Crippen molar-refractivity contribution in [1.29, 1.82) is 0 Å². The van der Waals surface area contributed by atoms with E-state index in [1.165, 1.54) is 0 Å². The van der Waals surface area contributed by atoms with Crippen molar-refractivity contribution in [2.45, 2.75) is 0 Å². The molecule has 0 aliphatic rings. The molecule has 0 nitrogen and oxygen atoms in total. The SMILES string of the molecule is [S]CC#CBr. The van der Waals surface area contributed by atoms with E-state index in [2.05, 4.69) is 39.3 Å². The maximum atomic E-state index is 4.45. The second-order valence-corrected chi connectivity index (χ2v) is 1.10. The van der Waals surface area contributed by atoms with Gasteiger partial charge >= 0.3 is 0 Å². The molecule has 0 heterocycles. The van der Waals surface area contributed by atoms with Crippen LogP contribution in [0.25, 0.3) is 0 Å². The number of hydrogen-bond donors (Lipinski definition) is 0. The fourth-order valence-corrected chi connectivity index (χ4v) is 0.425. The normalized spacial score (nSPS) is 5.20. The molecule has 0 aromatic rings. The molecule has 0 N–H and O–H groups in total. The number of halogens is 1. The van der Waals surface area contributed by atoms with Crippen LogP contribution in [0.15, 0.2) is 0 Å². The third kappa shape index (κ3) is 4.39. The summed E-state index contributed by atoms with van der Waals surface area (Å²) in [5.74, 6) is 3.11. The van der Waals surface area contributed by atoms with Crippen LogP contribution < -0.4 is 0 Å². The lowest BCUT2D eigenvalue weighted by molar-refractivity contribution is 1.99. The Bertz CT molecular complexity index is 59.0. The van der Waals surface area contributed by atoms with E-state index in [9.17, 15) is 0 Å². The minimum Gasteiger partial charge on any atom is -0.0800 e. The highest BCUT2D eigenvalue weighted by Gasteiger charge is 1.52. The Hall–Kier alpha value is 0.390. The highest BCUT2D eigenvalue weighted by Crippen LogP contribution is 1.70. The zero-order valence-electron chi connectivity index (χ0n) is 2.49. The second kappa shape index (κ2) is 4.39. The molecule has 1 radical (unpaired) electrons. The Balaban J connectivity index is 2.81. The Morgan fingerprint density at radius 3 is 2.40 bits per heavy atom. The van der Waals surface area contributed by atoms with E-state index in [1.54, 1.807) is 0 Å². The molecule has 0 aromatic carbocycles. The molecule has 0 spiro atoms. The molecule has 0 atom stereocenters. The Labute approximate surface area is 45.5 Å². The van der Waals surface area contributed by atoms with Crippen LogP contribution in [0.1, 0.15) is 0 Å². The number of hydrogen-bond acceptors (Lipinski definition) is 0. The van der Waals surface area contributed by atoms with Crippen molar-refractivity contribution in [3.05, 3.63) is 0 Å². The molecule has 0 aliphatic carbocycles. The first-order valence-electron chi connectivity index (χ1n) is 1.08.